The molecule has 0 saturated carbocycles. The van der Waals surface area contributed by atoms with Crippen molar-refractivity contribution in [3.63, 3.8) is 0 Å². The van der Waals surface area contributed by atoms with Gasteiger partial charge in [-0.05, 0) is 53.8 Å². The smallest absolute Gasteiger partial charge is 0.278 e. The number of ether oxygens (including phenoxy) is 1. The number of pyridine rings is 1. The molecule has 0 fully saturated rings. The summed E-state index contributed by atoms with van der Waals surface area (Å²) in [5.41, 5.74) is 4.56. The number of carbonyl (C=O) groups excluding carboxylic acids is 2. The Bertz CT molecular complexity index is 1200. The standard InChI is InChI=1S/C26H23N3O3/c1-32-21-12-10-20(11-13-21)23-24(28-15-5-8-19-7-2-3-9-22(19)28)26(31)29(25(23)30)17-18-6-4-14-27-16-18/h2-4,6-7,9-14,16H,5,8,15,17H2,1H3. The molecule has 160 valence electrons. The first-order valence-corrected chi connectivity index (χ1v) is 10.7. The molecule has 1 aromatic heterocycles. The number of anilines is 1. The van der Waals surface area contributed by atoms with Crippen molar-refractivity contribution in [1.82, 2.24) is 9.88 Å². The molecule has 0 spiro atoms. The summed E-state index contributed by atoms with van der Waals surface area (Å²) >= 11 is 0. The van der Waals surface area contributed by atoms with E-state index in [4.69, 9.17) is 4.74 Å². The first-order valence-electron chi connectivity index (χ1n) is 10.7. The van der Waals surface area contributed by atoms with Crippen LogP contribution < -0.4 is 9.64 Å². The Hall–Kier alpha value is -3.93. The first-order chi connectivity index (χ1) is 15.7. The lowest BCUT2D eigenvalue weighted by Crippen LogP contribution is -2.36. The second-order valence-corrected chi connectivity index (χ2v) is 7.89. The number of methoxy groups -OCH3 is 1. The van der Waals surface area contributed by atoms with Crippen LogP contribution in [-0.4, -0.2) is 35.4 Å². The van der Waals surface area contributed by atoms with Crippen LogP contribution in [0, 0.1) is 0 Å². The Balaban J connectivity index is 1.62. The molecule has 2 aromatic carbocycles. The van der Waals surface area contributed by atoms with Gasteiger partial charge in [0.25, 0.3) is 11.8 Å². The molecular weight excluding hydrogens is 402 g/mol. The first kappa shape index (κ1) is 20.0. The number of hydrogen-bond donors (Lipinski definition) is 0. The van der Waals surface area contributed by atoms with E-state index in [1.165, 1.54) is 10.5 Å². The molecule has 3 aromatic rings. The van der Waals surface area contributed by atoms with E-state index >= 15 is 0 Å². The number of carbonyl (C=O) groups is 2. The summed E-state index contributed by atoms with van der Waals surface area (Å²) in [5.74, 6) is 0.131. The molecule has 32 heavy (non-hydrogen) atoms. The number of nitrogens with zero attached hydrogens (tertiary/aromatic N) is 3. The minimum absolute atomic E-state index is 0.185. The maximum atomic E-state index is 13.7. The topological polar surface area (TPSA) is 62.7 Å². The molecule has 2 aliphatic rings. The second-order valence-electron chi connectivity index (χ2n) is 7.89. The highest BCUT2D eigenvalue weighted by atomic mass is 16.5. The molecule has 5 rings (SSSR count). The Kier molecular flexibility index (Phi) is 5.19. The highest BCUT2D eigenvalue weighted by molar-refractivity contribution is 6.36. The normalized spacial score (nSPS) is 15.9. The van der Waals surface area contributed by atoms with Crippen LogP contribution >= 0.6 is 0 Å². The van der Waals surface area contributed by atoms with Crippen LogP contribution in [0.1, 0.15) is 23.1 Å². The Morgan fingerprint density at radius 1 is 0.969 bits per heavy atom. The van der Waals surface area contributed by atoms with Crippen LogP contribution in [0.25, 0.3) is 5.57 Å². The number of para-hydroxylation sites is 1. The predicted molar refractivity (Wildman–Crippen MR) is 122 cm³/mol. The van der Waals surface area contributed by atoms with Crippen LogP contribution in [0.4, 0.5) is 5.69 Å². The molecule has 0 unspecified atom stereocenters. The summed E-state index contributed by atoms with van der Waals surface area (Å²) in [4.78, 5) is 34.8. The monoisotopic (exact) mass is 425 g/mol. The molecule has 0 atom stereocenters. The average Bonchev–Trinajstić information content (AvgIpc) is 3.09. The lowest BCUT2D eigenvalue weighted by atomic mass is 9.98. The zero-order chi connectivity index (χ0) is 22.1. The van der Waals surface area contributed by atoms with Crippen LogP contribution in [-0.2, 0) is 22.6 Å². The van der Waals surface area contributed by atoms with Gasteiger partial charge in [-0.15, -0.1) is 0 Å². The fraction of sp³-hybridized carbons (Fsp3) is 0.192. The largest absolute Gasteiger partial charge is 0.497 e. The molecule has 0 radical (unpaired) electrons. The van der Waals surface area contributed by atoms with Gasteiger partial charge in [-0.3, -0.25) is 19.5 Å². The molecule has 0 bridgehead atoms. The zero-order valence-corrected chi connectivity index (χ0v) is 17.8. The Morgan fingerprint density at radius 2 is 1.78 bits per heavy atom. The Labute approximate surface area is 186 Å². The van der Waals surface area contributed by atoms with Gasteiger partial charge in [0.15, 0.2) is 0 Å². The Morgan fingerprint density at radius 3 is 2.53 bits per heavy atom. The average molecular weight is 425 g/mol. The predicted octanol–water partition coefficient (Wildman–Crippen LogP) is 3.82. The van der Waals surface area contributed by atoms with Gasteiger partial charge in [-0.1, -0.05) is 36.4 Å². The summed E-state index contributed by atoms with van der Waals surface area (Å²) in [6, 6.07) is 19.1. The lowest BCUT2D eigenvalue weighted by Gasteiger charge is -2.32. The van der Waals surface area contributed by atoms with E-state index < -0.39 is 0 Å². The summed E-state index contributed by atoms with van der Waals surface area (Å²) in [7, 11) is 1.60. The van der Waals surface area contributed by atoms with Crippen molar-refractivity contribution in [3.05, 3.63) is 95.4 Å². The summed E-state index contributed by atoms with van der Waals surface area (Å²) in [6.07, 6.45) is 5.23. The van der Waals surface area contributed by atoms with Crippen molar-refractivity contribution in [2.24, 2.45) is 0 Å². The van der Waals surface area contributed by atoms with Crippen LogP contribution in [0.15, 0.2) is 78.8 Å². The fourth-order valence-electron chi connectivity index (χ4n) is 4.42. The number of hydrogen-bond acceptors (Lipinski definition) is 5. The van der Waals surface area contributed by atoms with E-state index in [9.17, 15) is 9.59 Å². The molecule has 0 N–H and O–H groups in total. The summed E-state index contributed by atoms with van der Waals surface area (Å²) < 4.78 is 5.27. The van der Waals surface area contributed by atoms with Gasteiger partial charge < -0.3 is 9.64 Å². The van der Waals surface area contributed by atoms with Gasteiger partial charge in [-0.2, -0.15) is 0 Å². The molecule has 6 heteroatoms. The molecule has 3 heterocycles. The minimum Gasteiger partial charge on any atom is -0.497 e. The fourth-order valence-corrected chi connectivity index (χ4v) is 4.42. The third-order valence-electron chi connectivity index (χ3n) is 5.97. The number of aromatic nitrogens is 1. The second kappa shape index (κ2) is 8.30. The van der Waals surface area contributed by atoms with Crippen molar-refractivity contribution >= 4 is 23.1 Å². The molecule has 0 saturated heterocycles. The van der Waals surface area contributed by atoms with Gasteiger partial charge in [0.1, 0.15) is 11.4 Å². The maximum Gasteiger partial charge on any atom is 0.278 e. The van der Waals surface area contributed by atoms with Crippen molar-refractivity contribution in [1.29, 1.82) is 0 Å². The molecule has 6 nitrogen and oxygen atoms in total. The van der Waals surface area contributed by atoms with Gasteiger partial charge in [0.05, 0.1) is 19.2 Å². The SMILES string of the molecule is COc1ccc(C2=C(N3CCCc4ccccc43)C(=O)N(Cc3cccnc3)C2=O)cc1. The molecule has 2 aliphatic heterocycles. The maximum absolute atomic E-state index is 13.7. The van der Waals surface area contributed by atoms with Crippen molar-refractivity contribution in [2.45, 2.75) is 19.4 Å². The van der Waals surface area contributed by atoms with Crippen LogP contribution in [0.3, 0.4) is 0 Å². The van der Waals surface area contributed by atoms with E-state index in [2.05, 4.69) is 11.1 Å². The molecule has 2 amide bonds. The van der Waals surface area contributed by atoms with E-state index in [0.29, 0.717) is 29.1 Å². The summed E-state index contributed by atoms with van der Waals surface area (Å²) in [6.45, 7) is 0.871. The number of aryl methyl sites for hydroxylation is 1. The number of amides is 2. The van der Waals surface area contributed by atoms with E-state index in [1.807, 2.05) is 53.4 Å². The van der Waals surface area contributed by atoms with Gasteiger partial charge in [0.2, 0.25) is 0 Å². The van der Waals surface area contributed by atoms with Crippen LogP contribution in [0.5, 0.6) is 5.75 Å². The number of benzene rings is 2. The highest BCUT2D eigenvalue weighted by Crippen LogP contribution is 2.38. The van der Waals surface area contributed by atoms with Crippen molar-refractivity contribution in [2.75, 3.05) is 18.6 Å². The molecular formula is C26H23N3O3. The number of imide groups is 1. The third kappa shape index (κ3) is 3.43. The van der Waals surface area contributed by atoms with Crippen LogP contribution in [0.2, 0.25) is 0 Å². The quantitative estimate of drug-likeness (QED) is 0.582. The van der Waals surface area contributed by atoms with E-state index in [0.717, 1.165) is 24.1 Å². The zero-order valence-electron chi connectivity index (χ0n) is 17.8. The van der Waals surface area contributed by atoms with Gasteiger partial charge in [-0.25, -0.2) is 0 Å². The van der Waals surface area contributed by atoms with Crippen molar-refractivity contribution < 1.29 is 14.3 Å². The third-order valence-corrected chi connectivity index (χ3v) is 5.97. The number of fused-ring (bicyclic) bond motifs is 1. The van der Waals surface area contributed by atoms with Gasteiger partial charge >= 0.3 is 0 Å². The minimum atomic E-state index is -0.290. The summed E-state index contributed by atoms with van der Waals surface area (Å²) in [5, 5.41) is 0. The lowest BCUT2D eigenvalue weighted by molar-refractivity contribution is -0.137. The molecule has 0 aliphatic carbocycles. The number of rotatable bonds is 5. The van der Waals surface area contributed by atoms with E-state index in [1.54, 1.807) is 25.6 Å². The van der Waals surface area contributed by atoms with Gasteiger partial charge in [0, 0.05) is 24.6 Å². The van der Waals surface area contributed by atoms with Crippen molar-refractivity contribution in [3.8, 4) is 5.75 Å². The van der Waals surface area contributed by atoms with E-state index in [-0.39, 0.29) is 18.4 Å². The highest BCUT2D eigenvalue weighted by Gasteiger charge is 2.42.